The average Bonchev–Trinajstić information content (AvgIpc) is 2.99. The highest BCUT2D eigenvalue weighted by Crippen LogP contribution is 2.28. The molecule has 1 heterocycles. The monoisotopic (exact) mass is 200 g/mol. The highest BCUT2D eigenvalue weighted by molar-refractivity contribution is 5.85. The first-order valence-electron chi connectivity index (χ1n) is 5.39. The molecule has 1 saturated heterocycles. The Bertz CT molecular complexity index is 222. The highest BCUT2D eigenvalue weighted by Gasteiger charge is 2.40. The van der Waals surface area contributed by atoms with Crippen LogP contribution in [0.2, 0.25) is 0 Å². The molecule has 1 aliphatic carbocycles. The Balaban J connectivity index is 1.80. The summed E-state index contributed by atoms with van der Waals surface area (Å²) in [7, 11) is 0. The number of carbonyl (C=O) groups excluding carboxylic acids is 1. The molecule has 14 heavy (non-hydrogen) atoms. The number of rotatable bonds is 3. The van der Waals surface area contributed by atoms with Crippen molar-refractivity contribution in [2.24, 2.45) is 5.92 Å². The molecule has 0 spiro atoms. The molecule has 1 saturated carbocycles. The molecule has 1 unspecified atom stereocenters. The van der Waals surface area contributed by atoms with Gasteiger partial charge in [0.2, 0.25) is 5.67 Å². The van der Waals surface area contributed by atoms with E-state index < -0.39 is 11.6 Å². The lowest BCUT2D eigenvalue weighted by Crippen LogP contribution is -2.53. The van der Waals surface area contributed by atoms with Gasteiger partial charge < -0.3 is 10.6 Å². The quantitative estimate of drug-likeness (QED) is 0.700. The standard InChI is InChI=1S/C10H17FN2O/c11-10(4-1-5-12-7-10)9(14)13-6-8-2-3-8/h8,12H,1-7H2,(H,13,14). The van der Waals surface area contributed by atoms with E-state index in [0.717, 1.165) is 13.0 Å². The first kappa shape index (κ1) is 9.90. The molecule has 2 aliphatic rings. The van der Waals surface area contributed by atoms with Crippen molar-refractivity contribution < 1.29 is 9.18 Å². The van der Waals surface area contributed by atoms with Crippen LogP contribution in [0.1, 0.15) is 25.7 Å². The molecule has 4 heteroatoms. The van der Waals surface area contributed by atoms with Crippen molar-refractivity contribution in [3.8, 4) is 0 Å². The average molecular weight is 200 g/mol. The van der Waals surface area contributed by atoms with Gasteiger partial charge in [-0.15, -0.1) is 0 Å². The zero-order chi connectivity index (χ0) is 10.0. The maximum Gasteiger partial charge on any atom is 0.259 e. The Morgan fingerprint density at radius 2 is 2.36 bits per heavy atom. The number of hydrogen-bond acceptors (Lipinski definition) is 2. The van der Waals surface area contributed by atoms with Crippen molar-refractivity contribution in [3.63, 3.8) is 0 Å². The number of carbonyl (C=O) groups is 1. The van der Waals surface area contributed by atoms with Gasteiger partial charge in [-0.2, -0.15) is 0 Å². The molecule has 0 bridgehead atoms. The number of amides is 1. The van der Waals surface area contributed by atoms with Crippen LogP contribution in [0, 0.1) is 5.92 Å². The fourth-order valence-corrected chi connectivity index (χ4v) is 1.78. The van der Waals surface area contributed by atoms with Crippen LogP contribution in [0.25, 0.3) is 0 Å². The number of halogens is 1. The van der Waals surface area contributed by atoms with E-state index in [0.29, 0.717) is 18.9 Å². The van der Waals surface area contributed by atoms with E-state index in [1.54, 1.807) is 0 Å². The topological polar surface area (TPSA) is 41.1 Å². The summed E-state index contributed by atoms with van der Waals surface area (Å²) < 4.78 is 14.0. The third-order valence-corrected chi connectivity index (χ3v) is 2.99. The number of piperidine rings is 1. The van der Waals surface area contributed by atoms with E-state index in [-0.39, 0.29) is 6.54 Å². The molecule has 0 aromatic carbocycles. The lowest BCUT2D eigenvalue weighted by atomic mass is 9.95. The second-order valence-electron chi connectivity index (χ2n) is 4.40. The molecule has 2 rings (SSSR count). The van der Waals surface area contributed by atoms with Crippen LogP contribution >= 0.6 is 0 Å². The third kappa shape index (κ3) is 2.23. The minimum Gasteiger partial charge on any atom is -0.353 e. The molecule has 2 N–H and O–H groups in total. The van der Waals surface area contributed by atoms with Gasteiger partial charge in [0.15, 0.2) is 0 Å². The maximum absolute atomic E-state index is 14.0. The van der Waals surface area contributed by atoms with Crippen LogP contribution in [0.5, 0.6) is 0 Å². The van der Waals surface area contributed by atoms with Gasteiger partial charge in [-0.25, -0.2) is 4.39 Å². The van der Waals surface area contributed by atoms with Crippen LogP contribution < -0.4 is 10.6 Å². The van der Waals surface area contributed by atoms with Crippen LogP contribution in [0.3, 0.4) is 0 Å². The lowest BCUT2D eigenvalue weighted by molar-refractivity contribution is -0.134. The van der Waals surface area contributed by atoms with Gasteiger partial charge >= 0.3 is 0 Å². The first-order valence-corrected chi connectivity index (χ1v) is 5.39. The highest BCUT2D eigenvalue weighted by atomic mass is 19.1. The zero-order valence-corrected chi connectivity index (χ0v) is 8.31. The Morgan fingerprint density at radius 1 is 1.57 bits per heavy atom. The Hall–Kier alpha value is -0.640. The summed E-state index contributed by atoms with van der Waals surface area (Å²) in [6.07, 6.45) is 3.46. The van der Waals surface area contributed by atoms with E-state index in [2.05, 4.69) is 10.6 Å². The number of nitrogens with one attached hydrogen (secondary N) is 2. The summed E-state index contributed by atoms with van der Waals surface area (Å²) in [6, 6.07) is 0. The minimum atomic E-state index is -1.66. The van der Waals surface area contributed by atoms with E-state index in [1.165, 1.54) is 12.8 Å². The molecule has 0 radical (unpaired) electrons. The van der Waals surface area contributed by atoms with Gasteiger partial charge in [-0.05, 0) is 38.1 Å². The predicted molar refractivity (Wildman–Crippen MR) is 51.7 cm³/mol. The Kier molecular flexibility index (Phi) is 2.72. The van der Waals surface area contributed by atoms with E-state index in [1.807, 2.05) is 0 Å². The third-order valence-electron chi connectivity index (χ3n) is 2.99. The lowest BCUT2D eigenvalue weighted by Gasteiger charge is -2.28. The van der Waals surface area contributed by atoms with E-state index in [9.17, 15) is 9.18 Å². The normalized spacial score (nSPS) is 32.6. The van der Waals surface area contributed by atoms with Crippen LogP contribution in [0.15, 0.2) is 0 Å². The number of hydrogen-bond donors (Lipinski definition) is 2. The summed E-state index contributed by atoms with van der Waals surface area (Å²) in [5.74, 6) is 0.190. The van der Waals surface area contributed by atoms with Gasteiger partial charge in [0.05, 0.1) is 0 Å². The van der Waals surface area contributed by atoms with Gasteiger partial charge in [-0.1, -0.05) is 0 Å². The van der Waals surface area contributed by atoms with E-state index >= 15 is 0 Å². The first-order chi connectivity index (χ1) is 6.71. The molecule has 1 atom stereocenters. The van der Waals surface area contributed by atoms with Crippen LogP contribution in [0.4, 0.5) is 4.39 Å². The summed E-state index contributed by atoms with van der Waals surface area (Å²) in [4.78, 5) is 11.5. The molecular formula is C10H17FN2O. The second-order valence-corrected chi connectivity index (χ2v) is 4.40. The van der Waals surface area contributed by atoms with Crippen LogP contribution in [-0.4, -0.2) is 31.2 Å². The molecule has 1 amide bonds. The van der Waals surface area contributed by atoms with Crippen molar-refractivity contribution >= 4 is 5.91 Å². The smallest absolute Gasteiger partial charge is 0.259 e. The van der Waals surface area contributed by atoms with Gasteiger partial charge in [0.25, 0.3) is 5.91 Å². The Labute approximate surface area is 83.4 Å². The SMILES string of the molecule is O=C(NCC1CC1)C1(F)CCCNC1. The molecule has 3 nitrogen and oxygen atoms in total. The van der Waals surface area contributed by atoms with Gasteiger partial charge in [0.1, 0.15) is 0 Å². The van der Waals surface area contributed by atoms with Crippen molar-refractivity contribution in [2.75, 3.05) is 19.6 Å². The fraction of sp³-hybridized carbons (Fsp3) is 0.900. The predicted octanol–water partition coefficient (Wildman–Crippen LogP) is 0.604. The molecule has 1 aliphatic heterocycles. The fourth-order valence-electron chi connectivity index (χ4n) is 1.78. The largest absolute Gasteiger partial charge is 0.353 e. The van der Waals surface area contributed by atoms with Gasteiger partial charge in [0, 0.05) is 13.1 Å². The second kappa shape index (κ2) is 3.85. The minimum absolute atomic E-state index is 0.170. The zero-order valence-electron chi connectivity index (χ0n) is 8.31. The molecule has 0 aromatic heterocycles. The summed E-state index contributed by atoms with van der Waals surface area (Å²) in [5.41, 5.74) is -1.66. The van der Waals surface area contributed by atoms with Crippen molar-refractivity contribution in [1.82, 2.24) is 10.6 Å². The Morgan fingerprint density at radius 3 is 2.93 bits per heavy atom. The molecule has 80 valence electrons. The van der Waals surface area contributed by atoms with E-state index in [4.69, 9.17) is 0 Å². The summed E-state index contributed by atoms with van der Waals surface area (Å²) >= 11 is 0. The molecule has 2 fully saturated rings. The van der Waals surface area contributed by atoms with Gasteiger partial charge in [-0.3, -0.25) is 4.79 Å². The van der Waals surface area contributed by atoms with Crippen molar-refractivity contribution in [3.05, 3.63) is 0 Å². The maximum atomic E-state index is 14.0. The van der Waals surface area contributed by atoms with Crippen molar-refractivity contribution in [1.29, 1.82) is 0 Å². The molecular weight excluding hydrogens is 183 g/mol. The van der Waals surface area contributed by atoms with Crippen LogP contribution in [-0.2, 0) is 4.79 Å². The molecule has 0 aromatic rings. The summed E-state index contributed by atoms with van der Waals surface area (Å²) in [5, 5.41) is 5.62. The number of alkyl halides is 1. The van der Waals surface area contributed by atoms with Crippen molar-refractivity contribution in [2.45, 2.75) is 31.4 Å². The summed E-state index contributed by atoms with van der Waals surface area (Å²) in [6.45, 7) is 1.65.